The molecule has 0 spiro atoms. The summed E-state index contributed by atoms with van der Waals surface area (Å²) >= 11 is 0. The van der Waals surface area contributed by atoms with Crippen LogP contribution in [0.2, 0.25) is 0 Å². The monoisotopic (exact) mass is 382 g/mol. The molecule has 0 unspecified atom stereocenters. The number of nitriles is 1. The molecule has 7 nitrogen and oxygen atoms in total. The second-order valence-corrected chi connectivity index (χ2v) is 6.07. The fourth-order valence-electron chi connectivity index (χ4n) is 2.58. The molecule has 0 aliphatic carbocycles. The van der Waals surface area contributed by atoms with E-state index < -0.39 is 5.97 Å². The van der Waals surface area contributed by atoms with Crippen molar-refractivity contribution in [1.29, 1.82) is 5.26 Å². The Morgan fingerprint density at radius 1 is 1.21 bits per heavy atom. The Bertz CT molecular complexity index is 950. The van der Waals surface area contributed by atoms with E-state index in [1.807, 2.05) is 31.5 Å². The van der Waals surface area contributed by atoms with Gasteiger partial charge in [0, 0.05) is 30.1 Å². The standard InChI is InChI=1S/C21H22N2O5/c1-14-11-17(15(2)23(14)3)18(24)13-28-21(25)8-6-16-5-7-19(27-10-9-22)20(12-16)26-4/h5-8,11-12H,10,13H2,1-4H3/b8-6+. The van der Waals surface area contributed by atoms with Crippen LogP contribution in [0.5, 0.6) is 11.5 Å². The van der Waals surface area contributed by atoms with Gasteiger partial charge in [-0.2, -0.15) is 5.26 Å². The average Bonchev–Trinajstić information content (AvgIpc) is 2.96. The number of carbonyl (C=O) groups excluding carboxylic acids is 2. The predicted molar refractivity (Wildman–Crippen MR) is 103 cm³/mol. The first-order valence-electron chi connectivity index (χ1n) is 8.56. The number of aryl methyl sites for hydroxylation is 1. The number of hydrogen-bond acceptors (Lipinski definition) is 6. The number of nitrogens with zero attached hydrogens (tertiary/aromatic N) is 2. The molecule has 1 aromatic carbocycles. The Morgan fingerprint density at radius 2 is 1.96 bits per heavy atom. The number of carbonyl (C=O) groups is 2. The van der Waals surface area contributed by atoms with Gasteiger partial charge >= 0.3 is 5.97 Å². The lowest BCUT2D eigenvalue weighted by Crippen LogP contribution is -2.13. The Labute approximate surface area is 163 Å². The SMILES string of the molecule is COc1cc(/C=C/C(=O)OCC(=O)c2cc(C)n(C)c2C)ccc1OCC#N. The van der Waals surface area contributed by atoms with Crippen LogP contribution in [0.4, 0.5) is 0 Å². The van der Waals surface area contributed by atoms with Gasteiger partial charge in [-0.1, -0.05) is 6.07 Å². The largest absolute Gasteiger partial charge is 0.493 e. The fourth-order valence-corrected chi connectivity index (χ4v) is 2.58. The quantitative estimate of drug-likeness (QED) is 0.396. The molecule has 28 heavy (non-hydrogen) atoms. The van der Waals surface area contributed by atoms with Gasteiger partial charge in [0.25, 0.3) is 0 Å². The maximum absolute atomic E-state index is 12.2. The molecule has 0 aliphatic heterocycles. The lowest BCUT2D eigenvalue weighted by atomic mass is 10.1. The fraction of sp³-hybridized carbons (Fsp3) is 0.286. The smallest absolute Gasteiger partial charge is 0.331 e. The van der Waals surface area contributed by atoms with E-state index in [-0.39, 0.29) is 19.0 Å². The number of Topliss-reactive ketones (excluding diaryl/α,β-unsaturated/α-hetero) is 1. The van der Waals surface area contributed by atoms with Crippen molar-refractivity contribution in [1.82, 2.24) is 4.57 Å². The van der Waals surface area contributed by atoms with Crippen LogP contribution in [-0.4, -0.2) is 36.6 Å². The molecule has 2 aromatic rings. The van der Waals surface area contributed by atoms with E-state index in [1.54, 1.807) is 30.3 Å². The van der Waals surface area contributed by atoms with Gasteiger partial charge in [-0.3, -0.25) is 4.79 Å². The van der Waals surface area contributed by atoms with E-state index in [4.69, 9.17) is 19.5 Å². The van der Waals surface area contributed by atoms with Gasteiger partial charge in [-0.15, -0.1) is 0 Å². The Kier molecular flexibility index (Phi) is 6.99. The van der Waals surface area contributed by atoms with Crippen LogP contribution in [0, 0.1) is 25.2 Å². The van der Waals surface area contributed by atoms with Gasteiger partial charge in [0.05, 0.1) is 7.11 Å². The highest BCUT2D eigenvalue weighted by Crippen LogP contribution is 2.28. The van der Waals surface area contributed by atoms with Crippen molar-refractivity contribution in [2.45, 2.75) is 13.8 Å². The van der Waals surface area contributed by atoms with Crippen molar-refractivity contribution >= 4 is 17.8 Å². The van der Waals surface area contributed by atoms with Crippen LogP contribution in [0.3, 0.4) is 0 Å². The van der Waals surface area contributed by atoms with E-state index in [0.29, 0.717) is 22.6 Å². The molecule has 0 fully saturated rings. The Morgan fingerprint density at radius 3 is 2.57 bits per heavy atom. The van der Waals surface area contributed by atoms with Crippen molar-refractivity contribution in [2.24, 2.45) is 7.05 Å². The summed E-state index contributed by atoms with van der Waals surface area (Å²) in [6, 6.07) is 8.68. The lowest BCUT2D eigenvalue weighted by Gasteiger charge is -2.08. The molecule has 0 amide bonds. The molecule has 2 rings (SSSR count). The molecular formula is C21H22N2O5. The molecule has 1 heterocycles. The zero-order chi connectivity index (χ0) is 20.7. The number of methoxy groups -OCH3 is 1. The highest BCUT2D eigenvalue weighted by Gasteiger charge is 2.15. The predicted octanol–water partition coefficient (Wildman–Crippen LogP) is 2.99. The van der Waals surface area contributed by atoms with Gasteiger partial charge in [-0.25, -0.2) is 4.79 Å². The molecule has 0 aliphatic rings. The van der Waals surface area contributed by atoms with Crippen molar-refractivity contribution in [3.05, 3.63) is 52.9 Å². The topological polar surface area (TPSA) is 90.6 Å². The molecule has 146 valence electrons. The summed E-state index contributed by atoms with van der Waals surface area (Å²) in [4.78, 5) is 24.2. The number of benzene rings is 1. The molecule has 0 radical (unpaired) electrons. The molecule has 1 aromatic heterocycles. The minimum Gasteiger partial charge on any atom is -0.493 e. The zero-order valence-corrected chi connectivity index (χ0v) is 16.3. The van der Waals surface area contributed by atoms with Gasteiger partial charge in [0.1, 0.15) is 6.07 Å². The first kappa shape index (κ1) is 20.8. The maximum Gasteiger partial charge on any atom is 0.331 e. The van der Waals surface area contributed by atoms with Crippen molar-refractivity contribution in [3.8, 4) is 17.6 Å². The molecule has 0 N–H and O–H groups in total. The Hall–Kier alpha value is -3.53. The minimum absolute atomic E-state index is 0.0910. The number of aromatic nitrogens is 1. The summed E-state index contributed by atoms with van der Waals surface area (Å²) < 4.78 is 17.4. The second-order valence-electron chi connectivity index (χ2n) is 6.07. The third kappa shape index (κ3) is 5.01. The molecule has 7 heteroatoms. The van der Waals surface area contributed by atoms with E-state index in [1.165, 1.54) is 13.2 Å². The van der Waals surface area contributed by atoms with E-state index >= 15 is 0 Å². The van der Waals surface area contributed by atoms with E-state index in [9.17, 15) is 9.59 Å². The summed E-state index contributed by atoms with van der Waals surface area (Å²) in [5.41, 5.74) is 3.02. The molecule has 0 bridgehead atoms. The molecule has 0 saturated heterocycles. The summed E-state index contributed by atoms with van der Waals surface area (Å²) in [5.74, 6) is 0.00445. The summed E-state index contributed by atoms with van der Waals surface area (Å²) in [5, 5.41) is 8.58. The third-order valence-corrected chi connectivity index (χ3v) is 4.31. The lowest BCUT2D eigenvalue weighted by molar-refractivity contribution is -0.136. The Balaban J connectivity index is 1.97. The van der Waals surface area contributed by atoms with Crippen LogP contribution < -0.4 is 9.47 Å². The first-order chi connectivity index (χ1) is 13.4. The molecule has 0 saturated carbocycles. The van der Waals surface area contributed by atoms with Crippen LogP contribution in [0.15, 0.2) is 30.3 Å². The number of ketones is 1. The van der Waals surface area contributed by atoms with Crippen LogP contribution in [-0.2, 0) is 16.6 Å². The first-order valence-corrected chi connectivity index (χ1v) is 8.56. The number of hydrogen-bond donors (Lipinski definition) is 0. The summed E-state index contributed by atoms with van der Waals surface area (Å²) in [6.45, 7) is 3.34. The second kappa shape index (κ2) is 9.42. The normalized spacial score (nSPS) is 10.5. The molecular weight excluding hydrogens is 360 g/mol. The minimum atomic E-state index is -0.623. The summed E-state index contributed by atoms with van der Waals surface area (Å²) in [6.07, 6.45) is 2.78. The van der Waals surface area contributed by atoms with Gasteiger partial charge < -0.3 is 18.8 Å². The van der Waals surface area contributed by atoms with Gasteiger partial charge in [0.2, 0.25) is 5.78 Å². The number of esters is 1. The van der Waals surface area contributed by atoms with Crippen molar-refractivity contribution in [3.63, 3.8) is 0 Å². The molecule has 0 atom stereocenters. The van der Waals surface area contributed by atoms with Gasteiger partial charge in [0.15, 0.2) is 24.7 Å². The summed E-state index contributed by atoms with van der Waals surface area (Å²) in [7, 11) is 3.36. The maximum atomic E-state index is 12.2. The van der Waals surface area contributed by atoms with Crippen LogP contribution in [0.25, 0.3) is 6.08 Å². The van der Waals surface area contributed by atoms with Gasteiger partial charge in [-0.05, 0) is 43.7 Å². The van der Waals surface area contributed by atoms with Crippen molar-refractivity contribution < 1.29 is 23.8 Å². The van der Waals surface area contributed by atoms with Crippen LogP contribution >= 0.6 is 0 Å². The number of ether oxygens (including phenoxy) is 3. The van der Waals surface area contributed by atoms with Crippen LogP contribution in [0.1, 0.15) is 27.3 Å². The average molecular weight is 382 g/mol. The zero-order valence-electron chi connectivity index (χ0n) is 16.3. The highest BCUT2D eigenvalue weighted by atomic mass is 16.5. The highest BCUT2D eigenvalue weighted by molar-refractivity contribution is 6.00. The van der Waals surface area contributed by atoms with Crippen molar-refractivity contribution in [2.75, 3.05) is 20.3 Å². The number of rotatable bonds is 8. The third-order valence-electron chi connectivity index (χ3n) is 4.31. The van der Waals surface area contributed by atoms with E-state index in [2.05, 4.69) is 0 Å². The van der Waals surface area contributed by atoms with E-state index in [0.717, 1.165) is 11.4 Å².